The van der Waals surface area contributed by atoms with Crippen LogP contribution in [0.1, 0.15) is 51.2 Å². The second-order valence-electron chi connectivity index (χ2n) is 6.88. The molecule has 19 heavy (non-hydrogen) atoms. The van der Waals surface area contributed by atoms with Crippen molar-refractivity contribution in [1.29, 1.82) is 0 Å². The summed E-state index contributed by atoms with van der Waals surface area (Å²) in [7, 11) is 0. The second kappa shape index (κ2) is 4.04. The Balaban J connectivity index is 2.15. The van der Waals surface area contributed by atoms with E-state index in [2.05, 4.69) is 44.0 Å². The van der Waals surface area contributed by atoms with E-state index in [-0.39, 0.29) is 11.0 Å². The molecule has 0 bridgehead atoms. The molecule has 0 spiro atoms. The van der Waals surface area contributed by atoms with Crippen LogP contribution < -0.4 is 5.73 Å². The van der Waals surface area contributed by atoms with Crippen LogP contribution in [0.4, 0.5) is 0 Å². The molecule has 0 aliphatic heterocycles. The van der Waals surface area contributed by atoms with Gasteiger partial charge in [0.25, 0.3) is 0 Å². The summed E-state index contributed by atoms with van der Waals surface area (Å²) in [5.41, 5.74) is 9.01. The number of benzene rings is 1. The van der Waals surface area contributed by atoms with Gasteiger partial charge in [-0.1, -0.05) is 32.9 Å². The average Bonchev–Trinajstić information content (AvgIpc) is 2.33. The number of rotatable bonds is 1. The van der Waals surface area contributed by atoms with Gasteiger partial charge in [0.2, 0.25) is 0 Å². The third-order valence-corrected chi connectivity index (χ3v) is 4.39. The first-order chi connectivity index (χ1) is 8.90. The Morgan fingerprint density at radius 3 is 2.47 bits per heavy atom. The maximum Gasteiger partial charge on any atom is 0.0409 e. The number of hydrogen-bond acceptors (Lipinski definition) is 2. The quantitative estimate of drug-likeness (QED) is 0.839. The van der Waals surface area contributed by atoms with Gasteiger partial charge in [0, 0.05) is 23.3 Å². The minimum Gasteiger partial charge on any atom is -0.321 e. The molecule has 2 N–H and O–H groups in total. The summed E-state index contributed by atoms with van der Waals surface area (Å²) in [4.78, 5) is 4.41. The van der Waals surface area contributed by atoms with Gasteiger partial charge >= 0.3 is 0 Å². The smallest absolute Gasteiger partial charge is 0.0409 e. The van der Waals surface area contributed by atoms with Crippen LogP contribution in [0, 0.1) is 0 Å². The van der Waals surface area contributed by atoms with Gasteiger partial charge < -0.3 is 5.73 Å². The SMILES string of the molecule is CC(C)(C)c1cncc2cc(C3(N)CCC3)ccc12. The maximum atomic E-state index is 6.42. The van der Waals surface area contributed by atoms with E-state index in [0.717, 1.165) is 12.8 Å². The molecule has 0 saturated heterocycles. The summed E-state index contributed by atoms with van der Waals surface area (Å²) >= 11 is 0. The van der Waals surface area contributed by atoms with Crippen LogP contribution in [0.5, 0.6) is 0 Å². The summed E-state index contributed by atoms with van der Waals surface area (Å²) in [6.45, 7) is 6.69. The van der Waals surface area contributed by atoms with Crippen LogP contribution in [-0.4, -0.2) is 4.98 Å². The minimum absolute atomic E-state index is 0.0913. The predicted molar refractivity (Wildman–Crippen MR) is 80.2 cm³/mol. The molecule has 2 nitrogen and oxygen atoms in total. The number of pyridine rings is 1. The third-order valence-electron chi connectivity index (χ3n) is 4.39. The van der Waals surface area contributed by atoms with Gasteiger partial charge in [-0.3, -0.25) is 4.98 Å². The molecular formula is C17H22N2. The molecule has 2 aromatic rings. The van der Waals surface area contributed by atoms with Crippen LogP contribution in [0.25, 0.3) is 10.8 Å². The summed E-state index contributed by atoms with van der Waals surface area (Å²) in [6.07, 6.45) is 7.39. The molecule has 1 saturated carbocycles. The van der Waals surface area contributed by atoms with Crippen molar-refractivity contribution in [3.8, 4) is 0 Å². The molecule has 1 aliphatic rings. The maximum absolute atomic E-state index is 6.42. The molecule has 2 heteroatoms. The van der Waals surface area contributed by atoms with E-state index in [1.54, 1.807) is 0 Å². The molecule has 1 heterocycles. The van der Waals surface area contributed by atoms with E-state index >= 15 is 0 Å². The highest BCUT2D eigenvalue weighted by Crippen LogP contribution is 2.40. The van der Waals surface area contributed by atoms with E-state index < -0.39 is 0 Å². The number of nitrogens with zero attached hydrogens (tertiary/aromatic N) is 1. The van der Waals surface area contributed by atoms with Crippen LogP contribution in [0.3, 0.4) is 0 Å². The first-order valence-corrected chi connectivity index (χ1v) is 7.08. The lowest BCUT2D eigenvalue weighted by atomic mass is 9.72. The van der Waals surface area contributed by atoms with Gasteiger partial charge in [0.15, 0.2) is 0 Å². The normalized spacial score (nSPS) is 18.3. The summed E-state index contributed by atoms with van der Waals surface area (Å²) in [6, 6.07) is 6.66. The number of nitrogens with two attached hydrogens (primary N) is 1. The van der Waals surface area contributed by atoms with Crippen molar-refractivity contribution in [1.82, 2.24) is 4.98 Å². The molecule has 100 valence electrons. The van der Waals surface area contributed by atoms with Gasteiger partial charge in [-0.2, -0.15) is 0 Å². The molecule has 1 fully saturated rings. The third kappa shape index (κ3) is 2.04. The molecule has 0 amide bonds. The molecular weight excluding hydrogens is 232 g/mol. The van der Waals surface area contributed by atoms with Gasteiger partial charge in [-0.05, 0) is 47.3 Å². The van der Waals surface area contributed by atoms with Crippen molar-refractivity contribution in [3.05, 3.63) is 41.7 Å². The Labute approximate surface area is 115 Å². The molecule has 3 rings (SSSR count). The van der Waals surface area contributed by atoms with Crippen LogP contribution in [0.15, 0.2) is 30.6 Å². The van der Waals surface area contributed by atoms with E-state index in [9.17, 15) is 0 Å². The number of hydrogen-bond donors (Lipinski definition) is 1. The van der Waals surface area contributed by atoms with Crippen LogP contribution in [0.2, 0.25) is 0 Å². The van der Waals surface area contributed by atoms with E-state index in [1.165, 1.54) is 28.3 Å². The zero-order chi connectivity index (χ0) is 13.7. The van der Waals surface area contributed by atoms with E-state index in [0.29, 0.717) is 0 Å². The Morgan fingerprint density at radius 2 is 1.89 bits per heavy atom. The van der Waals surface area contributed by atoms with E-state index in [4.69, 9.17) is 5.73 Å². The largest absolute Gasteiger partial charge is 0.321 e. The van der Waals surface area contributed by atoms with Crippen molar-refractivity contribution < 1.29 is 0 Å². The van der Waals surface area contributed by atoms with Crippen LogP contribution in [-0.2, 0) is 11.0 Å². The highest BCUT2D eigenvalue weighted by molar-refractivity contribution is 5.86. The monoisotopic (exact) mass is 254 g/mol. The lowest BCUT2D eigenvalue weighted by Crippen LogP contribution is -2.43. The Kier molecular flexibility index (Phi) is 2.68. The molecule has 0 unspecified atom stereocenters. The zero-order valence-corrected chi connectivity index (χ0v) is 12.0. The van der Waals surface area contributed by atoms with Gasteiger partial charge in [0.05, 0.1) is 0 Å². The first kappa shape index (κ1) is 12.6. The zero-order valence-electron chi connectivity index (χ0n) is 12.0. The van der Waals surface area contributed by atoms with Gasteiger partial charge in [0.1, 0.15) is 0 Å². The van der Waals surface area contributed by atoms with Crippen molar-refractivity contribution in [2.45, 2.75) is 51.0 Å². The molecule has 0 radical (unpaired) electrons. The Morgan fingerprint density at radius 1 is 1.16 bits per heavy atom. The highest BCUT2D eigenvalue weighted by Gasteiger charge is 2.34. The molecule has 1 aromatic heterocycles. The fourth-order valence-corrected chi connectivity index (χ4v) is 2.93. The fraction of sp³-hybridized carbons (Fsp3) is 0.471. The fourth-order valence-electron chi connectivity index (χ4n) is 2.93. The summed E-state index contributed by atoms with van der Waals surface area (Å²) in [5.74, 6) is 0. The average molecular weight is 254 g/mol. The number of aromatic nitrogens is 1. The lowest BCUT2D eigenvalue weighted by molar-refractivity contribution is 0.254. The Hall–Kier alpha value is -1.41. The number of fused-ring (bicyclic) bond motifs is 1. The summed E-state index contributed by atoms with van der Waals surface area (Å²) < 4.78 is 0. The second-order valence-corrected chi connectivity index (χ2v) is 6.88. The standard InChI is InChI=1S/C17H22N2/c1-16(2,3)15-11-19-10-12-9-13(5-6-14(12)15)17(18)7-4-8-17/h5-6,9-11H,4,7-8,18H2,1-3H3. The van der Waals surface area contributed by atoms with Crippen molar-refractivity contribution >= 4 is 10.8 Å². The molecule has 1 aliphatic carbocycles. The van der Waals surface area contributed by atoms with E-state index in [1.807, 2.05) is 12.4 Å². The lowest BCUT2D eigenvalue weighted by Gasteiger charge is -2.38. The highest BCUT2D eigenvalue weighted by atomic mass is 14.8. The predicted octanol–water partition coefficient (Wildman–Crippen LogP) is 3.87. The molecule has 1 aromatic carbocycles. The van der Waals surface area contributed by atoms with Crippen molar-refractivity contribution in [2.75, 3.05) is 0 Å². The summed E-state index contributed by atoms with van der Waals surface area (Å²) in [5, 5.41) is 2.51. The van der Waals surface area contributed by atoms with Gasteiger partial charge in [-0.25, -0.2) is 0 Å². The minimum atomic E-state index is -0.0913. The topological polar surface area (TPSA) is 38.9 Å². The van der Waals surface area contributed by atoms with Crippen molar-refractivity contribution in [2.24, 2.45) is 5.73 Å². The van der Waals surface area contributed by atoms with Crippen LogP contribution >= 0.6 is 0 Å². The molecule has 0 atom stereocenters. The first-order valence-electron chi connectivity index (χ1n) is 7.08. The Bertz CT molecular complexity index is 619. The van der Waals surface area contributed by atoms with Gasteiger partial charge in [-0.15, -0.1) is 0 Å². The van der Waals surface area contributed by atoms with Crippen molar-refractivity contribution in [3.63, 3.8) is 0 Å².